The summed E-state index contributed by atoms with van der Waals surface area (Å²) in [5, 5.41) is 53.7. The lowest BCUT2D eigenvalue weighted by atomic mass is 10.0. The lowest BCUT2D eigenvalue weighted by molar-refractivity contribution is -0.142. The maximum atomic E-state index is 15.1. The third-order valence-corrected chi connectivity index (χ3v) is 16.5. The minimum atomic E-state index is -1.79. The largest absolute Gasteiger partial charge is 0.508 e. The van der Waals surface area contributed by atoms with E-state index in [1.807, 2.05) is 50.2 Å². The topological polar surface area (TPSA) is 518 Å². The third-order valence-electron chi connectivity index (χ3n) is 16.5. The molecule has 0 spiro atoms. The average Bonchev–Trinajstić information content (AvgIpc) is 1.76. The first kappa shape index (κ1) is 78.8. The number of amides is 10. The molecule has 6 aromatic rings. The van der Waals surface area contributed by atoms with E-state index in [1.54, 1.807) is 48.4 Å². The van der Waals surface area contributed by atoms with Crippen molar-refractivity contribution < 1.29 is 73.5 Å². The number of carboxylic acids is 1. The zero-order valence-corrected chi connectivity index (χ0v) is 56.7. The Hall–Kier alpha value is -11.2. The highest BCUT2D eigenvalue weighted by Crippen LogP contribution is 2.23. The van der Waals surface area contributed by atoms with E-state index in [-0.39, 0.29) is 106 Å². The number of guanidine groups is 1. The molecule has 2 aliphatic heterocycles. The van der Waals surface area contributed by atoms with E-state index in [0.717, 1.165) is 12.5 Å². The number of hydrogen-bond acceptors (Lipinski definition) is 16. The van der Waals surface area contributed by atoms with Gasteiger partial charge in [0.1, 0.15) is 60.1 Å². The van der Waals surface area contributed by atoms with Crippen LogP contribution in [0.5, 0.6) is 5.75 Å². The number of nitrogens with one attached hydrogen (secondary N) is 11. The molecule has 8 rings (SSSR count). The van der Waals surface area contributed by atoms with Crippen LogP contribution in [0.25, 0.3) is 10.9 Å². The van der Waals surface area contributed by atoms with Crippen LogP contribution in [0.2, 0.25) is 0 Å². The lowest BCUT2D eigenvalue weighted by Gasteiger charge is -2.30. The van der Waals surface area contributed by atoms with E-state index in [1.165, 1.54) is 41.7 Å². The smallest absolute Gasteiger partial charge is 0.300 e. The highest BCUT2D eigenvalue weighted by atomic mass is 16.4. The number of aromatic amines is 2. The number of aliphatic imine (C=N–C) groups is 1. The van der Waals surface area contributed by atoms with Crippen LogP contribution in [-0.2, 0) is 85.0 Å². The summed E-state index contributed by atoms with van der Waals surface area (Å²) in [5.74, 6) is -8.55. The lowest BCUT2D eigenvalue weighted by Crippen LogP contribution is -2.61. The summed E-state index contributed by atoms with van der Waals surface area (Å²) in [5.41, 5.74) is 14.6. The molecule has 101 heavy (non-hydrogen) atoms. The number of hydrogen-bond donors (Lipinski definition) is 16. The maximum absolute atomic E-state index is 15.1. The molecule has 2 fully saturated rings. The van der Waals surface area contributed by atoms with Crippen molar-refractivity contribution in [2.45, 2.75) is 159 Å². The van der Waals surface area contributed by atoms with Gasteiger partial charge in [0, 0.05) is 100 Å². The number of nitrogens with two attached hydrogens (primary N) is 2. The summed E-state index contributed by atoms with van der Waals surface area (Å²) in [4.78, 5) is 171. The van der Waals surface area contributed by atoms with Crippen molar-refractivity contribution >= 4 is 81.9 Å². The van der Waals surface area contributed by atoms with Gasteiger partial charge in [-0.25, -0.2) is 9.97 Å². The highest BCUT2D eigenvalue weighted by molar-refractivity contribution is 5.99. The Morgan fingerprint density at radius 3 is 1.91 bits per heavy atom. The number of phenolic OH excluding ortho intramolecular Hbond substituents is 1. The van der Waals surface area contributed by atoms with Gasteiger partial charge in [0.05, 0.1) is 25.0 Å². The highest BCUT2D eigenvalue weighted by Gasteiger charge is 2.40. The van der Waals surface area contributed by atoms with Gasteiger partial charge in [0.25, 0.3) is 5.97 Å². The SMILES string of the molecule is CC(=O)O.CCNC(=O)[C@@H]1CCCN1C(=O)[C@H](CCCN=C(N)N)NC(=O)[C@H](CC(C)C)NC(=O)[C@@H](Cc1cn(Cc2ccccc2)cn1)NC(=O)[C@H](Cc1ccc(O)cc1)NC(=O)[C@H](CO)NC(=O)[C@H](Cc1c[nH]c2ccccc12)NC(=O)[C@H](Cc1cnc[nH]1)NC(=O)[C@@H]1CCC(=O)N1.O. The van der Waals surface area contributed by atoms with Gasteiger partial charge < -0.3 is 99.5 Å². The van der Waals surface area contributed by atoms with Crippen molar-refractivity contribution in [2.75, 3.05) is 26.2 Å². The predicted octanol–water partition coefficient (Wildman–Crippen LogP) is -1.73. The Balaban J connectivity index is 0.00000312. The van der Waals surface area contributed by atoms with E-state index in [2.05, 4.69) is 72.8 Å². The van der Waals surface area contributed by atoms with Crippen molar-refractivity contribution in [1.82, 2.24) is 77.3 Å². The standard InChI is InChI=1S/C66H86N18O12.C2H4O2.H2O/c1-4-70-64(95)55-17-11-25-84(55)65(96)48(16-10-24-71-66(67)68)76-58(89)49(26-38(2)3)77-62(93)53(30-43-34-83(37-74-43)33-40-12-6-5-7-13-40)81-59(90)50(27-39-18-20-44(86)21-19-39)78-63(94)54(35-85)82-60(91)51(28-41-31-72-46-15-9-8-14-45(41)46)79-61(92)52(29-42-32-69-36-73-42)80-57(88)47-22-23-56(87)75-47;1-2(3)4;/h5-9,12-15,18-21,31-32,34,36-38,47-55,72,85-86H,4,10-11,16-17,22-30,33,35H2,1-3H3,(H,69,73)(H,70,95)(H,75,87)(H,76,89)(H,77,93)(H,78,94)(H,79,92)(H,80,88)(H,81,90)(H,82,91)(H4,67,68,71);1H3,(H,3,4);1H2/t47-,48-,49-,50-,51-,52-,53+,54-,55-;;/m0../s1. The van der Waals surface area contributed by atoms with Gasteiger partial charge >= 0.3 is 0 Å². The van der Waals surface area contributed by atoms with Gasteiger partial charge in [0.2, 0.25) is 59.1 Å². The number of H-pyrrole nitrogens is 2. The Bertz CT molecular complexity index is 3800. The number of aliphatic hydroxyl groups is 1. The summed E-state index contributed by atoms with van der Waals surface area (Å²) in [6, 6.07) is 10.5. The van der Waals surface area contributed by atoms with Crippen molar-refractivity contribution in [3.05, 3.63) is 138 Å². The van der Waals surface area contributed by atoms with Gasteiger partial charge in [-0.3, -0.25) is 57.7 Å². The summed E-state index contributed by atoms with van der Waals surface area (Å²) < 4.78 is 1.78. The molecule has 3 aromatic heterocycles. The van der Waals surface area contributed by atoms with Gasteiger partial charge in [-0.2, -0.15) is 0 Å². The monoisotopic (exact) mass is 1400 g/mol. The minimum Gasteiger partial charge on any atom is -0.508 e. The van der Waals surface area contributed by atoms with Crippen LogP contribution >= 0.6 is 0 Å². The molecule has 33 heteroatoms. The summed E-state index contributed by atoms with van der Waals surface area (Å²) in [6.07, 6.45) is 8.49. The first-order valence-electron chi connectivity index (χ1n) is 33.1. The maximum Gasteiger partial charge on any atom is 0.300 e. The number of carbonyl (C=O) groups is 11. The van der Waals surface area contributed by atoms with Crippen molar-refractivity contribution in [1.29, 1.82) is 0 Å². The Kier molecular flexibility index (Phi) is 30.3. The average molecular weight is 1400 g/mol. The van der Waals surface area contributed by atoms with Crippen molar-refractivity contribution in [3.63, 3.8) is 0 Å². The van der Waals surface area contributed by atoms with E-state index in [0.29, 0.717) is 59.3 Å². The number of likely N-dealkylation sites (N-methyl/N-ethyl adjacent to an activating group) is 1. The van der Waals surface area contributed by atoms with Gasteiger partial charge in [0.15, 0.2) is 5.96 Å². The number of phenols is 1. The molecule has 2 aliphatic rings. The van der Waals surface area contributed by atoms with Crippen LogP contribution in [0.3, 0.4) is 0 Å². The number of carbonyl (C=O) groups excluding carboxylic acids is 10. The Labute approximate surface area is 582 Å². The fourth-order valence-corrected chi connectivity index (χ4v) is 11.6. The number of aliphatic carboxylic acids is 1. The quantitative estimate of drug-likeness (QED) is 0.0121. The fourth-order valence-electron chi connectivity index (χ4n) is 11.6. The molecule has 20 N–H and O–H groups in total. The molecule has 33 nitrogen and oxygen atoms in total. The number of aliphatic hydroxyl groups excluding tert-OH is 1. The zero-order chi connectivity index (χ0) is 72.4. The number of likely N-dealkylation sites (tertiary alicyclic amines) is 1. The zero-order valence-electron chi connectivity index (χ0n) is 56.7. The second kappa shape index (κ2) is 38.8. The van der Waals surface area contributed by atoms with Crippen LogP contribution in [0.1, 0.15) is 101 Å². The molecule has 544 valence electrons. The fraction of sp³-hybridized carbons (Fsp3) is 0.441. The van der Waals surface area contributed by atoms with Crippen LogP contribution in [0, 0.1) is 5.92 Å². The molecule has 0 unspecified atom stereocenters. The van der Waals surface area contributed by atoms with E-state index in [9.17, 15) is 48.6 Å². The molecular formula is C68H92N18O15. The second-order valence-electron chi connectivity index (χ2n) is 24.9. The first-order valence-corrected chi connectivity index (χ1v) is 33.1. The molecule has 2 saturated heterocycles. The molecule has 10 amide bonds. The number of aromatic nitrogens is 5. The summed E-state index contributed by atoms with van der Waals surface area (Å²) in [7, 11) is 0. The molecule has 0 bridgehead atoms. The van der Waals surface area contributed by atoms with Gasteiger partial charge in [-0.1, -0.05) is 74.5 Å². The number of aromatic hydroxyl groups is 1. The number of carboxylic acid groups (broad SMARTS) is 1. The first-order chi connectivity index (χ1) is 47.9. The summed E-state index contributed by atoms with van der Waals surface area (Å²) >= 11 is 0. The second-order valence-corrected chi connectivity index (χ2v) is 24.9. The number of fused-ring (bicyclic) bond motifs is 1. The number of rotatable bonds is 34. The third kappa shape index (κ3) is 24.3. The molecule has 3 aromatic carbocycles. The van der Waals surface area contributed by atoms with Crippen LogP contribution in [0.4, 0.5) is 0 Å². The van der Waals surface area contributed by atoms with Crippen LogP contribution < -0.4 is 59.3 Å². The van der Waals surface area contributed by atoms with E-state index < -0.39 is 114 Å². The molecule has 0 aliphatic carbocycles. The number of benzene rings is 3. The molecular weight excluding hydrogens is 1310 g/mol. The number of para-hydroxylation sites is 1. The number of imidazole rings is 2. The molecule has 0 radical (unpaired) electrons. The van der Waals surface area contributed by atoms with Crippen molar-refractivity contribution in [2.24, 2.45) is 22.4 Å². The van der Waals surface area contributed by atoms with Gasteiger partial charge in [-0.05, 0) is 86.3 Å². The van der Waals surface area contributed by atoms with Crippen LogP contribution in [-0.4, -0.2) is 202 Å². The molecule has 5 heterocycles. The van der Waals surface area contributed by atoms with Crippen LogP contribution in [0.15, 0.2) is 115 Å². The Morgan fingerprint density at radius 1 is 0.703 bits per heavy atom. The van der Waals surface area contributed by atoms with Crippen molar-refractivity contribution in [3.8, 4) is 5.75 Å². The Morgan fingerprint density at radius 2 is 1.30 bits per heavy atom. The molecule has 0 saturated carbocycles. The predicted molar refractivity (Wildman–Crippen MR) is 369 cm³/mol. The minimum absolute atomic E-state index is 0. The summed E-state index contributed by atoms with van der Waals surface area (Å²) in [6.45, 7) is 6.58. The number of nitrogens with zero attached hydrogens (tertiary/aromatic N) is 5. The molecule has 9 atom stereocenters. The van der Waals surface area contributed by atoms with E-state index >= 15 is 9.59 Å². The van der Waals surface area contributed by atoms with Gasteiger partial charge in [-0.15, -0.1) is 0 Å². The van der Waals surface area contributed by atoms with E-state index in [4.69, 9.17) is 21.4 Å². The normalized spacial score (nSPS) is 16.0.